The van der Waals surface area contributed by atoms with Crippen molar-refractivity contribution in [2.75, 3.05) is 11.9 Å². The van der Waals surface area contributed by atoms with E-state index >= 15 is 0 Å². The van der Waals surface area contributed by atoms with E-state index in [-0.39, 0.29) is 5.41 Å². The quantitative estimate of drug-likeness (QED) is 0.788. The SMILES string of the molecule is C=C(C)c1ccc(C(C)(C)C)c(NCC)c1. The number of rotatable bonds is 3. The van der Waals surface area contributed by atoms with E-state index in [0.29, 0.717) is 0 Å². The van der Waals surface area contributed by atoms with Crippen molar-refractivity contribution in [3.63, 3.8) is 0 Å². The zero-order chi connectivity index (χ0) is 12.3. The second-order valence-corrected chi connectivity index (χ2v) is 5.32. The Labute approximate surface area is 99.6 Å². The van der Waals surface area contributed by atoms with Gasteiger partial charge >= 0.3 is 0 Å². The van der Waals surface area contributed by atoms with Crippen LogP contribution in [0.3, 0.4) is 0 Å². The number of hydrogen-bond acceptors (Lipinski definition) is 1. The normalized spacial score (nSPS) is 11.3. The monoisotopic (exact) mass is 217 g/mol. The van der Waals surface area contributed by atoms with E-state index in [2.05, 4.69) is 57.8 Å². The van der Waals surface area contributed by atoms with Gasteiger partial charge in [0, 0.05) is 12.2 Å². The molecule has 0 bridgehead atoms. The average Bonchev–Trinajstić information content (AvgIpc) is 2.16. The summed E-state index contributed by atoms with van der Waals surface area (Å²) in [6.07, 6.45) is 0. The van der Waals surface area contributed by atoms with Crippen LogP contribution < -0.4 is 5.32 Å². The number of benzene rings is 1. The fraction of sp³-hybridized carbons (Fsp3) is 0.467. The van der Waals surface area contributed by atoms with Crippen molar-refractivity contribution in [2.45, 2.75) is 40.0 Å². The van der Waals surface area contributed by atoms with Crippen LogP contribution in [0, 0.1) is 0 Å². The Kier molecular flexibility index (Phi) is 3.79. The molecule has 16 heavy (non-hydrogen) atoms. The van der Waals surface area contributed by atoms with Crippen LogP contribution in [0.15, 0.2) is 24.8 Å². The molecule has 1 aromatic rings. The Bertz CT molecular complexity index is 383. The number of anilines is 1. The molecule has 0 aliphatic heterocycles. The van der Waals surface area contributed by atoms with E-state index in [9.17, 15) is 0 Å². The van der Waals surface area contributed by atoms with E-state index in [1.54, 1.807) is 0 Å². The lowest BCUT2D eigenvalue weighted by molar-refractivity contribution is 0.591. The minimum Gasteiger partial charge on any atom is -0.385 e. The summed E-state index contributed by atoms with van der Waals surface area (Å²) in [7, 11) is 0. The van der Waals surface area contributed by atoms with Crippen molar-refractivity contribution in [3.8, 4) is 0 Å². The number of hydrogen-bond donors (Lipinski definition) is 1. The first-order valence-corrected chi connectivity index (χ1v) is 5.90. The molecule has 0 heterocycles. The molecule has 1 heteroatoms. The maximum Gasteiger partial charge on any atom is 0.0384 e. The van der Waals surface area contributed by atoms with Crippen LogP contribution in [-0.4, -0.2) is 6.54 Å². The Balaban J connectivity index is 3.24. The highest BCUT2D eigenvalue weighted by molar-refractivity contribution is 5.68. The molecule has 1 N–H and O–H groups in total. The van der Waals surface area contributed by atoms with E-state index < -0.39 is 0 Å². The Morgan fingerprint density at radius 1 is 1.31 bits per heavy atom. The van der Waals surface area contributed by atoms with Crippen LogP contribution in [0.4, 0.5) is 5.69 Å². The van der Waals surface area contributed by atoms with Gasteiger partial charge in [-0.05, 0) is 36.5 Å². The molecular weight excluding hydrogens is 194 g/mol. The van der Waals surface area contributed by atoms with Gasteiger partial charge in [0.2, 0.25) is 0 Å². The largest absolute Gasteiger partial charge is 0.385 e. The van der Waals surface area contributed by atoms with Crippen LogP contribution in [0.2, 0.25) is 0 Å². The molecule has 0 aliphatic carbocycles. The lowest BCUT2D eigenvalue weighted by Crippen LogP contribution is -2.15. The van der Waals surface area contributed by atoms with Gasteiger partial charge in [-0.3, -0.25) is 0 Å². The van der Waals surface area contributed by atoms with Gasteiger partial charge in [-0.25, -0.2) is 0 Å². The molecule has 0 saturated heterocycles. The zero-order valence-electron chi connectivity index (χ0n) is 11.1. The van der Waals surface area contributed by atoms with Crippen LogP contribution in [0.25, 0.3) is 5.57 Å². The molecule has 0 atom stereocenters. The van der Waals surface area contributed by atoms with Gasteiger partial charge in [-0.1, -0.05) is 45.1 Å². The summed E-state index contributed by atoms with van der Waals surface area (Å²) in [5, 5.41) is 3.44. The number of allylic oxidation sites excluding steroid dienone is 1. The summed E-state index contributed by atoms with van der Waals surface area (Å²) in [5.74, 6) is 0. The molecule has 0 saturated carbocycles. The summed E-state index contributed by atoms with van der Waals surface area (Å²) in [5.41, 5.74) is 5.09. The molecular formula is C15H23N. The Morgan fingerprint density at radius 3 is 2.38 bits per heavy atom. The molecule has 1 aromatic carbocycles. The Morgan fingerprint density at radius 2 is 1.94 bits per heavy atom. The van der Waals surface area contributed by atoms with Gasteiger partial charge in [-0.2, -0.15) is 0 Å². The van der Waals surface area contributed by atoms with Crippen molar-refractivity contribution < 1.29 is 0 Å². The minimum absolute atomic E-state index is 0.172. The van der Waals surface area contributed by atoms with Gasteiger partial charge in [0.25, 0.3) is 0 Å². The maximum absolute atomic E-state index is 3.99. The third-order valence-corrected chi connectivity index (χ3v) is 2.69. The van der Waals surface area contributed by atoms with Gasteiger partial charge in [0.1, 0.15) is 0 Å². The van der Waals surface area contributed by atoms with E-state index in [0.717, 1.165) is 12.1 Å². The van der Waals surface area contributed by atoms with Gasteiger partial charge < -0.3 is 5.32 Å². The predicted octanol–water partition coefficient (Wildman–Crippen LogP) is 4.45. The third kappa shape index (κ3) is 2.88. The molecule has 1 rings (SSSR count). The fourth-order valence-electron chi connectivity index (χ4n) is 1.80. The molecule has 0 radical (unpaired) electrons. The third-order valence-electron chi connectivity index (χ3n) is 2.69. The molecule has 88 valence electrons. The summed E-state index contributed by atoms with van der Waals surface area (Å²) in [6.45, 7) is 15.8. The van der Waals surface area contributed by atoms with Crippen LogP contribution in [-0.2, 0) is 5.41 Å². The molecule has 0 spiro atoms. The number of nitrogens with one attached hydrogen (secondary N) is 1. The summed E-state index contributed by atoms with van der Waals surface area (Å²) >= 11 is 0. The first-order valence-electron chi connectivity index (χ1n) is 5.90. The van der Waals surface area contributed by atoms with Crippen molar-refractivity contribution in [3.05, 3.63) is 35.9 Å². The first kappa shape index (κ1) is 12.8. The second-order valence-electron chi connectivity index (χ2n) is 5.32. The highest BCUT2D eigenvalue weighted by Gasteiger charge is 2.17. The molecule has 0 fully saturated rings. The second kappa shape index (κ2) is 4.73. The van der Waals surface area contributed by atoms with E-state index in [4.69, 9.17) is 0 Å². The summed E-state index contributed by atoms with van der Waals surface area (Å²) < 4.78 is 0. The average molecular weight is 217 g/mol. The van der Waals surface area contributed by atoms with Gasteiger partial charge in [0.05, 0.1) is 0 Å². The summed E-state index contributed by atoms with van der Waals surface area (Å²) in [6, 6.07) is 6.57. The highest BCUT2D eigenvalue weighted by Crippen LogP contribution is 2.31. The van der Waals surface area contributed by atoms with Gasteiger partial charge in [0.15, 0.2) is 0 Å². The predicted molar refractivity (Wildman–Crippen MR) is 74.0 cm³/mol. The molecule has 0 unspecified atom stereocenters. The molecule has 0 aromatic heterocycles. The van der Waals surface area contributed by atoms with Crippen LogP contribution in [0.1, 0.15) is 45.7 Å². The smallest absolute Gasteiger partial charge is 0.0384 e. The maximum atomic E-state index is 3.99. The van der Waals surface area contributed by atoms with Crippen molar-refractivity contribution >= 4 is 11.3 Å². The van der Waals surface area contributed by atoms with Crippen molar-refractivity contribution in [1.29, 1.82) is 0 Å². The standard InChI is InChI=1S/C15H23N/c1-7-16-14-10-12(11(2)3)8-9-13(14)15(4,5)6/h8-10,16H,2,7H2,1,3-6H3. The summed E-state index contributed by atoms with van der Waals surface area (Å²) in [4.78, 5) is 0. The van der Waals surface area contributed by atoms with E-state index in [1.807, 2.05) is 6.92 Å². The zero-order valence-corrected chi connectivity index (χ0v) is 11.1. The fourth-order valence-corrected chi connectivity index (χ4v) is 1.80. The first-order chi connectivity index (χ1) is 7.36. The van der Waals surface area contributed by atoms with Crippen LogP contribution in [0.5, 0.6) is 0 Å². The molecule has 1 nitrogen and oxygen atoms in total. The van der Waals surface area contributed by atoms with Crippen molar-refractivity contribution in [2.24, 2.45) is 0 Å². The lowest BCUT2D eigenvalue weighted by atomic mass is 9.84. The van der Waals surface area contributed by atoms with Crippen LogP contribution >= 0.6 is 0 Å². The highest BCUT2D eigenvalue weighted by atomic mass is 14.9. The molecule has 0 aliphatic rings. The lowest BCUT2D eigenvalue weighted by Gasteiger charge is -2.24. The Hall–Kier alpha value is -1.24. The van der Waals surface area contributed by atoms with E-state index in [1.165, 1.54) is 16.8 Å². The minimum atomic E-state index is 0.172. The van der Waals surface area contributed by atoms with Crippen molar-refractivity contribution in [1.82, 2.24) is 0 Å². The topological polar surface area (TPSA) is 12.0 Å². The molecule has 0 amide bonds. The van der Waals surface area contributed by atoms with Gasteiger partial charge in [-0.15, -0.1) is 0 Å².